The molecule has 6 heteroatoms. The second kappa shape index (κ2) is 8.28. The second-order valence-electron chi connectivity index (χ2n) is 7.85. The molecule has 0 amide bonds. The molecule has 1 atom stereocenters. The maximum absolute atomic E-state index is 13.2. The van der Waals surface area contributed by atoms with E-state index in [0.717, 1.165) is 52.1 Å². The van der Waals surface area contributed by atoms with Crippen LogP contribution >= 0.6 is 0 Å². The number of benzene rings is 1. The summed E-state index contributed by atoms with van der Waals surface area (Å²) < 4.78 is 39.5. The fourth-order valence-electron chi connectivity index (χ4n) is 4.30. The number of hydrogen-bond acceptors (Lipinski definition) is 3. The molecular weight excluding hydrogens is 339 g/mol. The van der Waals surface area contributed by atoms with Gasteiger partial charge in [-0.3, -0.25) is 9.80 Å². The van der Waals surface area contributed by atoms with Crippen LogP contribution in [0.1, 0.15) is 30.9 Å². The van der Waals surface area contributed by atoms with E-state index < -0.39 is 11.7 Å². The molecule has 0 spiro atoms. The van der Waals surface area contributed by atoms with Crippen LogP contribution < -0.4 is 0 Å². The molecule has 26 heavy (non-hydrogen) atoms. The summed E-state index contributed by atoms with van der Waals surface area (Å²) in [6.07, 6.45) is -2.13. The monoisotopic (exact) mass is 369 g/mol. The highest BCUT2D eigenvalue weighted by Gasteiger charge is 2.34. The molecule has 3 nitrogen and oxygen atoms in total. The largest absolute Gasteiger partial charge is 0.416 e. The number of piperazine rings is 1. The minimum absolute atomic E-state index is 0.394. The Morgan fingerprint density at radius 1 is 1.00 bits per heavy atom. The maximum atomic E-state index is 13.2. The van der Waals surface area contributed by atoms with Gasteiger partial charge in [0.15, 0.2) is 0 Å². The predicted molar refractivity (Wildman–Crippen MR) is 98.0 cm³/mol. The van der Waals surface area contributed by atoms with Crippen molar-refractivity contribution in [3.8, 4) is 0 Å². The summed E-state index contributed by atoms with van der Waals surface area (Å²) in [4.78, 5) is 7.13. The van der Waals surface area contributed by atoms with Gasteiger partial charge in [-0.15, -0.1) is 0 Å². The quantitative estimate of drug-likeness (QED) is 0.804. The Labute approximate surface area is 154 Å². The molecule has 0 aromatic heterocycles. The number of hydrogen-bond donors (Lipinski definition) is 0. The third-order valence-electron chi connectivity index (χ3n) is 6.15. The average molecular weight is 369 g/mol. The van der Waals surface area contributed by atoms with Crippen LogP contribution in [0.3, 0.4) is 0 Å². The smallest absolute Gasteiger partial charge is 0.304 e. The molecule has 2 fully saturated rings. The fraction of sp³-hybridized carbons (Fsp3) is 0.700. The lowest BCUT2D eigenvalue weighted by atomic mass is 9.88. The number of halogens is 3. The number of rotatable bonds is 4. The molecule has 146 valence electrons. The van der Waals surface area contributed by atoms with Crippen LogP contribution in [0, 0.1) is 5.92 Å². The third kappa shape index (κ3) is 4.78. The standard InChI is InChI=1S/C20H30F3N3/c1-16(26-13-11-24(2)12-14-26)17-7-9-25(10-8-17)15-18-5-3-4-6-19(18)20(21,22)23/h3-6,16-17H,7-15H2,1-2H3. The first-order chi connectivity index (χ1) is 12.3. The molecule has 2 saturated heterocycles. The Morgan fingerprint density at radius 3 is 2.23 bits per heavy atom. The number of piperidine rings is 1. The Bertz CT molecular complexity index is 574. The van der Waals surface area contributed by atoms with Gasteiger partial charge >= 0.3 is 6.18 Å². The van der Waals surface area contributed by atoms with Crippen molar-refractivity contribution < 1.29 is 13.2 Å². The number of alkyl halides is 3. The van der Waals surface area contributed by atoms with Crippen LogP contribution in [0.4, 0.5) is 13.2 Å². The van der Waals surface area contributed by atoms with E-state index in [2.05, 4.69) is 28.7 Å². The molecule has 1 aromatic carbocycles. The van der Waals surface area contributed by atoms with Crippen LogP contribution in [0.2, 0.25) is 0 Å². The Balaban J connectivity index is 1.53. The fourth-order valence-corrected chi connectivity index (χ4v) is 4.30. The van der Waals surface area contributed by atoms with Crippen molar-refractivity contribution >= 4 is 0 Å². The van der Waals surface area contributed by atoms with E-state index in [1.54, 1.807) is 12.1 Å². The van der Waals surface area contributed by atoms with Crippen LogP contribution in [0.15, 0.2) is 24.3 Å². The van der Waals surface area contributed by atoms with E-state index in [9.17, 15) is 13.2 Å². The van der Waals surface area contributed by atoms with Crippen molar-refractivity contribution in [2.24, 2.45) is 5.92 Å². The van der Waals surface area contributed by atoms with Crippen molar-refractivity contribution in [1.82, 2.24) is 14.7 Å². The Morgan fingerprint density at radius 2 is 1.62 bits per heavy atom. The van der Waals surface area contributed by atoms with Crippen LogP contribution in [0.5, 0.6) is 0 Å². The predicted octanol–water partition coefficient (Wildman–Crippen LogP) is 3.55. The van der Waals surface area contributed by atoms with Gasteiger partial charge in [0.2, 0.25) is 0 Å². The Kier molecular flexibility index (Phi) is 6.25. The van der Waals surface area contributed by atoms with Crippen LogP contribution in [0.25, 0.3) is 0 Å². The minimum atomic E-state index is -4.27. The summed E-state index contributed by atoms with van der Waals surface area (Å²) in [6, 6.07) is 6.54. The summed E-state index contributed by atoms with van der Waals surface area (Å²) in [5.41, 5.74) is -0.0986. The normalized spacial score (nSPS) is 23.3. The van der Waals surface area contributed by atoms with Gasteiger partial charge in [-0.25, -0.2) is 0 Å². The summed E-state index contributed by atoms with van der Waals surface area (Å²) in [5.74, 6) is 0.646. The van der Waals surface area contributed by atoms with Crippen molar-refractivity contribution in [1.29, 1.82) is 0 Å². The number of likely N-dealkylation sites (N-methyl/N-ethyl adjacent to an activating group) is 1. The average Bonchev–Trinajstić information content (AvgIpc) is 2.62. The highest BCUT2D eigenvalue weighted by atomic mass is 19.4. The van der Waals surface area contributed by atoms with E-state index in [0.29, 0.717) is 24.1 Å². The molecule has 2 aliphatic heterocycles. The lowest BCUT2D eigenvalue weighted by Crippen LogP contribution is -2.51. The topological polar surface area (TPSA) is 9.72 Å². The van der Waals surface area contributed by atoms with Crippen molar-refractivity contribution in [3.63, 3.8) is 0 Å². The van der Waals surface area contributed by atoms with Gasteiger partial charge in [-0.1, -0.05) is 18.2 Å². The highest BCUT2D eigenvalue weighted by molar-refractivity contribution is 5.29. The molecule has 0 radical (unpaired) electrons. The molecular formula is C20H30F3N3. The summed E-state index contributed by atoms with van der Waals surface area (Å²) in [6.45, 7) is 8.97. The van der Waals surface area contributed by atoms with Crippen molar-refractivity contribution in [2.45, 2.75) is 38.5 Å². The van der Waals surface area contributed by atoms with Crippen molar-refractivity contribution in [2.75, 3.05) is 46.3 Å². The van der Waals surface area contributed by atoms with Gasteiger partial charge in [0, 0.05) is 38.8 Å². The number of nitrogens with zero attached hydrogens (tertiary/aromatic N) is 3. The van der Waals surface area contributed by atoms with Crippen LogP contribution in [-0.4, -0.2) is 67.1 Å². The van der Waals surface area contributed by atoms with E-state index in [4.69, 9.17) is 0 Å². The van der Waals surface area contributed by atoms with Crippen molar-refractivity contribution in [3.05, 3.63) is 35.4 Å². The molecule has 0 aliphatic carbocycles. The lowest BCUT2D eigenvalue weighted by molar-refractivity contribution is -0.138. The van der Waals surface area contributed by atoms with E-state index in [1.807, 2.05) is 0 Å². The van der Waals surface area contributed by atoms with Crippen LogP contribution in [-0.2, 0) is 12.7 Å². The second-order valence-corrected chi connectivity index (χ2v) is 7.85. The molecule has 2 aliphatic rings. The van der Waals surface area contributed by atoms with Gasteiger partial charge < -0.3 is 4.90 Å². The first kappa shape index (κ1) is 19.6. The maximum Gasteiger partial charge on any atom is 0.416 e. The molecule has 1 aromatic rings. The molecule has 1 unspecified atom stereocenters. The van der Waals surface area contributed by atoms with Gasteiger partial charge in [0.25, 0.3) is 0 Å². The summed E-state index contributed by atoms with van der Waals surface area (Å²) >= 11 is 0. The minimum Gasteiger partial charge on any atom is -0.304 e. The highest BCUT2D eigenvalue weighted by Crippen LogP contribution is 2.33. The van der Waals surface area contributed by atoms with E-state index in [1.165, 1.54) is 12.1 Å². The zero-order chi connectivity index (χ0) is 18.7. The Hall–Kier alpha value is -1.11. The molecule has 3 rings (SSSR count). The molecule has 0 N–H and O–H groups in total. The number of likely N-dealkylation sites (tertiary alicyclic amines) is 1. The summed E-state index contributed by atoms with van der Waals surface area (Å²) in [5, 5.41) is 0. The lowest BCUT2D eigenvalue weighted by Gasteiger charge is -2.42. The van der Waals surface area contributed by atoms with E-state index in [-0.39, 0.29) is 0 Å². The van der Waals surface area contributed by atoms with Gasteiger partial charge in [0.1, 0.15) is 0 Å². The van der Waals surface area contributed by atoms with Gasteiger partial charge in [0.05, 0.1) is 5.56 Å². The van der Waals surface area contributed by atoms with Gasteiger partial charge in [-0.2, -0.15) is 13.2 Å². The zero-order valence-corrected chi connectivity index (χ0v) is 15.8. The zero-order valence-electron chi connectivity index (χ0n) is 15.8. The SMILES string of the molecule is CC(C1CCN(Cc2ccccc2C(F)(F)F)CC1)N1CCN(C)CC1. The molecule has 2 heterocycles. The summed E-state index contributed by atoms with van der Waals surface area (Å²) in [7, 11) is 2.17. The molecule has 0 bridgehead atoms. The first-order valence-electron chi connectivity index (χ1n) is 9.64. The third-order valence-corrected chi connectivity index (χ3v) is 6.15. The van der Waals surface area contributed by atoms with E-state index >= 15 is 0 Å². The molecule has 0 saturated carbocycles. The first-order valence-corrected chi connectivity index (χ1v) is 9.64. The van der Waals surface area contributed by atoms with Gasteiger partial charge in [-0.05, 0) is 57.5 Å².